The number of fused-ring (bicyclic) bond motifs is 1. The van der Waals surface area contributed by atoms with E-state index in [1.165, 1.54) is 6.07 Å². The molecule has 0 N–H and O–H groups in total. The third-order valence-electron chi connectivity index (χ3n) is 3.33. The lowest BCUT2D eigenvalue weighted by molar-refractivity contribution is 0.340. The van der Waals surface area contributed by atoms with E-state index < -0.39 is 0 Å². The monoisotopic (exact) mass is 280 g/mol. The van der Waals surface area contributed by atoms with Gasteiger partial charge in [-0.2, -0.15) is 0 Å². The van der Waals surface area contributed by atoms with Crippen molar-refractivity contribution in [2.75, 3.05) is 6.61 Å². The van der Waals surface area contributed by atoms with Crippen molar-refractivity contribution in [3.8, 4) is 17.1 Å². The van der Waals surface area contributed by atoms with Crippen molar-refractivity contribution in [1.29, 1.82) is 0 Å². The molecule has 0 fully saturated rings. The highest BCUT2D eigenvalue weighted by atomic mass is 16.5. The molecule has 1 aromatic heterocycles. The first-order chi connectivity index (χ1) is 10.2. The average Bonchev–Trinajstić information content (AvgIpc) is 2.49. The van der Waals surface area contributed by atoms with Gasteiger partial charge >= 0.3 is 0 Å². The highest BCUT2D eigenvalue weighted by molar-refractivity contribution is 5.79. The van der Waals surface area contributed by atoms with Crippen LogP contribution in [-0.2, 0) is 0 Å². The molecule has 3 aromatic rings. The predicted molar refractivity (Wildman–Crippen MR) is 83.8 cm³/mol. The van der Waals surface area contributed by atoms with E-state index in [0.717, 1.165) is 16.9 Å². The fourth-order valence-corrected chi connectivity index (χ4v) is 2.29. The smallest absolute Gasteiger partial charge is 0.193 e. The highest BCUT2D eigenvalue weighted by Gasteiger charge is 2.07. The molecule has 0 unspecified atom stereocenters. The number of hydrogen-bond donors (Lipinski definition) is 0. The van der Waals surface area contributed by atoms with Crippen LogP contribution in [0.2, 0.25) is 0 Å². The van der Waals surface area contributed by atoms with E-state index >= 15 is 0 Å². The van der Waals surface area contributed by atoms with Crippen LogP contribution < -0.4 is 10.2 Å². The van der Waals surface area contributed by atoms with Gasteiger partial charge in [0, 0.05) is 11.6 Å². The molecule has 0 aliphatic carbocycles. The van der Waals surface area contributed by atoms with Crippen molar-refractivity contribution in [1.82, 2.24) is 0 Å². The number of benzene rings is 2. The zero-order valence-corrected chi connectivity index (χ0v) is 12.1. The van der Waals surface area contributed by atoms with Gasteiger partial charge in [-0.25, -0.2) is 0 Å². The Morgan fingerprint density at radius 3 is 2.52 bits per heavy atom. The van der Waals surface area contributed by atoms with Gasteiger partial charge in [0.15, 0.2) is 5.43 Å². The summed E-state index contributed by atoms with van der Waals surface area (Å²) in [5, 5.41) is 0.615. The van der Waals surface area contributed by atoms with E-state index in [1.54, 1.807) is 0 Å². The van der Waals surface area contributed by atoms with Crippen molar-refractivity contribution in [3.05, 3.63) is 64.3 Å². The Balaban J connectivity index is 2.08. The summed E-state index contributed by atoms with van der Waals surface area (Å²) in [4.78, 5) is 12.2. The summed E-state index contributed by atoms with van der Waals surface area (Å²) in [7, 11) is 0. The van der Waals surface area contributed by atoms with E-state index in [0.29, 0.717) is 23.3 Å². The van der Waals surface area contributed by atoms with E-state index in [2.05, 4.69) is 0 Å². The summed E-state index contributed by atoms with van der Waals surface area (Å²) in [5.41, 5.74) is 2.49. The minimum Gasteiger partial charge on any atom is -0.494 e. The van der Waals surface area contributed by atoms with Crippen molar-refractivity contribution in [2.24, 2.45) is 0 Å². The quantitative estimate of drug-likeness (QED) is 0.723. The lowest BCUT2D eigenvalue weighted by Crippen LogP contribution is -2.00. The van der Waals surface area contributed by atoms with E-state index in [1.807, 2.05) is 56.3 Å². The van der Waals surface area contributed by atoms with Crippen LogP contribution in [0.4, 0.5) is 0 Å². The summed E-state index contributed by atoms with van der Waals surface area (Å²) >= 11 is 0. The molecule has 0 aliphatic heterocycles. The normalized spacial score (nSPS) is 10.8. The second kappa shape index (κ2) is 5.44. The molecule has 0 atom stereocenters. The van der Waals surface area contributed by atoms with Crippen LogP contribution in [0.1, 0.15) is 12.5 Å². The fourth-order valence-electron chi connectivity index (χ4n) is 2.29. The standard InChI is InChI=1S/C18H16O3/c1-3-20-14-7-5-13(6-8-14)18-11-16(19)15-10-12(2)4-9-17(15)21-18/h4-11H,3H2,1-2H3. The number of ether oxygens (including phenoxy) is 1. The minimum absolute atomic E-state index is 0.0242. The zero-order valence-electron chi connectivity index (χ0n) is 12.1. The molecular formula is C18H16O3. The van der Waals surface area contributed by atoms with Gasteiger partial charge in [0.05, 0.1) is 12.0 Å². The molecule has 21 heavy (non-hydrogen) atoms. The molecule has 2 aromatic carbocycles. The molecule has 3 heteroatoms. The Morgan fingerprint density at radius 2 is 1.81 bits per heavy atom. The molecule has 0 saturated heterocycles. The SMILES string of the molecule is CCOc1ccc(-c2cc(=O)c3cc(C)ccc3o2)cc1. The Morgan fingerprint density at radius 1 is 1.05 bits per heavy atom. The molecule has 0 spiro atoms. The summed E-state index contributed by atoms with van der Waals surface area (Å²) in [6.07, 6.45) is 0. The third-order valence-corrected chi connectivity index (χ3v) is 3.33. The molecule has 0 amide bonds. The van der Waals surface area contributed by atoms with Crippen molar-refractivity contribution in [3.63, 3.8) is 0 Å². The van der Waals surface area contributed by atoms with Crippen molar-refractivity contribution < 1.29 is 9.15 Å². The van der Waals surface area contributed by atoms with Crippen LogP contribution >= 0.6 is 0 Å². The Labute approximate surface area is 122 Å². The van der Waals surface area contributed by atoms with Gasteiger partial charge in [0.2, 0.25) is 0 Å². The first-order valence-electron chi connectivity index (χ1n) is 6.95. The van der Waals surface area contributed by atoms with Crippen LogP contribution in [0.5, 0.6) is 5.75 Å². The van der Waals surface area contributed by atoms with Crippen molar-refractivity contribution in [2.45, 2.75) is 13.8 Å². The van der Waals surface area contributed by atoms with Gasteiger partial charge in [-0.1, -0.05) is 11.6 Å². The summed E-state index contributed by atoms with van der Waals surface area (Å²) in [5.74, 6) is 1.37. The second-order valence-electron chi connectivity index (χ2n) is 4.93. The molecule has 1 heterocycles. The number of hydrogen-bond acceptors (Lipinski definition) is 3. The van der Waals surface area contributed by atoms with E-state index in [4.69, 9.17) is 9.15 Å². The minimum atomic E-state index is -0.0242. The fraction of sp³-hybridized carbons (Fsp3) is 0.167. The maximum atomic E-state index is 12.2. The van der Waals surface area contributed by atoms with Gasteiger partial charge in [-0.05, 0) is 50.2 Å². The molecule has 106 valence electrons. The molecule has 3 nitrogen and oxygen atoms in total. The maximum absolute atomic E-state index is 12.2. The maximum Gasteiger partial charge on any atom is 0.193 e. The highest BCUT2D eigenvalue weighted by Crippen LogP contribution is 2.24. The van der Waals surface area contributed by atoms with Gasteiger partial charge < -0.3 is 9.15 Å². The summed E-state index contributed by atoms with van der Waals surface area (Å²) < 4.78 is 11.3. The Bertz CT molecular complexity index is 829. The van der Waals surface area contributed by atoms with Crippen LogP contribution in [0.3, 0.4) is 0 Å². The molecule has 3 rings (SSSR count). The Kier molecular flexibility index (Phi) is 3.48. The lowest BCUT2D eigenvalue weighted by atomic mass is 10.1. The molecule has 0 saturated carbocycles. The Hall–Kier alpha value is -2.55. The van der Waals surface area contributed by atoms with E-state index in [-0.39, 0.29) is 5.43 Å². The third kappa shape index (κ3) is 2.68. The molecule has 0 radical (unpaired) electrons. The zero-order chi connectivity index (χ0) is 14.8. The first kappa shape index (κ1) is 13.4. The first-order valence-corrected chi connectivity index (χ1v) is 6.95. The topological polar surface area (TPSA) is 39.4 Å². The summed E-state index contributed by atoms with van der Waals surface area (Å²) in [6, 6.07) is 14.7. The van der Waals surface area contributed by atoms with Crippen LogP contribution in [0.25, 0.3) is 22.3 Å². The van der Waals surface area contributed by atoms with Gasteiger partial charge in [-0.15, -0.1) is 0 Å². The van der Waals surface area contributed by atoms with Gasteiger partial charge in [0.25, 0.3) is 0 Å². The van der Waals surface area contributed by atoms with Crippen LogP contribution in [0.15, 0.2) is 57.7 Å². The summed E-state index contributed by atoms with van der Waals surface area (Å²) in [6.45, 7) is 4.53. The van der Waals surface area contributed by atoms with Crippen molar-refractivity contribution >= 4 is 11.0 Å². The van der Waals surface area contributed by atoms with Gasteiger partial charge in [-0.3, -0.25) is 4.79 Å². The van der Waals surface area contributed by atoms with Crippen LogP contribution in [0, 0.1) is 6.92 Å². The number of rotatable bonds is 3. The molecule has 0 aliphatic rings. The number of aryl methyl sites for hydroxylation is 1. The van der Waals surface area contributed by atoms with Crippen LogP contribution in [-0.4, -0.2) is 6.61 Å². The second-order valence-corrected chi connectivity index (χ2v) is 4.93. The molecule has 0 bridgehead atoms. The predicted octanol–water partition coefficient (Wildman–Crippen LogP) is 4.17. The van der Waals surface area contributed by atoms with E-state index in [9.17, 15) is 4.79 Å². The van der Waals surface area contributed by atoms with Gasteiger partial charge in [0.1, 0.15) is 17.1 Å². The average molecular weight is 280 g/mol. The lowest BCUT2D eigenvalue weighted by Gasteiger charge is -2.06. The molecular weight excluding hydrogens is 264 g/mol. The largest absolute Gasteiger partial charge is 0.494 e.